The average molecular weight is 238 g/mol. The number of nitrogens with one attached hydrogen (secondary N) is 1. The fourth-order valence-electron chi connectivity index (χ4n) is 2.47. The minimum atomic E-state index is 0.305. The molecule has 5 nitrogen and oxygen atoms in total. The molecule has 17 heavy (non-hydrogen) atoms. The Balaban J connectivity index is 1.52. The Hall–Kier alpha value is -0.810. The summed E-state index contributed by atoms with van der Waals surface area (Å²) in [6.45, 7) is 4.66. The van der Waals surface area contributed by atoms with Crippen LogP contribution in [0.3, 0.4) is 0 Å². The van der Waals surface area contributed by atoms with Crippen LogP contribution in [0, 0.1) is 0 Å². The molecule has 2 aliphatic carbocycles. The molecule has 1 aliphatic heterocycles. The lowest BCUT2D eigenvalue weighted by Crippen LogP contribution is -2.47. The number of aliphatic imine (C=N–C) groups is 1. The second kappa shape index (κ2) is 4.46. The number of hydrogen-bond donors (Lipinski definition) is 2. The van der Waals surface area contributed by atoms with Crippen molar-refractivity contribution in [3.8, 4) is 0 Å². The van der Waals surface area contributed by atoms with Crippen LogP contribution in [-0.4, -0.2) is 55.3 Å². The number of morpholine rings is 1. The van der Waals surface area contributed by atoms with Crippen LogP contribution < -0.4 is 11.1 Å². The minimum absolute atomic E-state index is 0.305. The standard InChI is InChI=1S/C12H22N4O/c13-11(15-10-1-2-10)14-9-12(3-4-12)16-5-7-17-8-6-16/h10H,1-9H2,(H3,13,14,15). The van der Waals surface area contributed by atoms with Crippen LogP contribution in [0.4, 0.5) is 0 Å². The van der Waals surface area contributed by atoms with Crippen LogP contribution in [0.2, 0.25) is 0 Å². The Morgan fingerprint density at radius 1 is 1.35 bits per heavy atom. The Morgan fingerprint density at radius 3 is 2.65 bits per heavy atom. The van der Waals surface area contributed by atoms with E-state index in [0.29, 0.717) is 17.5 Å². The first kappa shape index (κ1) is 11.3. The summed E-state index contributed by atoms with van der Waals surface area (Å²) in [5.41, 5.74) is 6.18. The first-order chi connectivity index (χ1) is 8.28. The number of hydrogen-bond acceptors (Lipinski definition) is 3. The maximum absolute atomic E-state index is 5.87. The van der Waals surface area contributed by atoms with Crippen molar-refractivity contribution in [2.24, 2.45) is 10.7 Å². The van der Waals surface area contributed by atoms with E-state index in [9.17, 15) is 0 Å². The predicted molar refractivity (Wildman–Crippen MR) is 67.0 cm³/mol. The largest absolute Gasteiger partial charge is 0.379 e. The van der Waals surface area contributed by atoms with Crippen LogP contribution in [-0.2, 0) is 4.74 Å². The highest BCUT2D eigenvalue weighted by molar-refractivity contribution is 5.78. The third-order valence-corrected chi connectivity index (χ3v) is 3.98. The van der Waals surface area contributed by atoms with Gasteiger partial charge in [-0.05, 0) is 25.7 Å². The molecule has 3 N–H and O–H groups in total. The van der Waals surface area contributed by atoms with Gasteiger partial charge in [-0.1, -0.05) is 0 Å². The number of nitrogens with two attached hydrogens (primary N) is 1. The van der Waals surface area contributed by atoms with Gasteiger partial charge in [-0.3, -0.25) is 9.89 Å². The van der Waals surface area contributed by atoms with Crippen LogP contribution in [0.15, 0.2) is 4.99 Å². The summed E-state index contributed by atoms with van der Waals surface area (Å²) < 4.78 is 5.39. The molecule has 96 valence electrons. The third kappa shape index (κ3) is 2.72. The van der Waals surface area contributed by atoms with Gasteiger partial charge in [0, 0.05) is 24.7 Å². The SMILES string of the molecule is NC(=NCC1(N2CCOCC2)CC1)NC1CC1. The zero-order valence-corrected chi connectivity index (χ0v) is 10.3. The van der Waals surface area contributed by atoms with Gasteiger partial charge in [0.2, 0.25) is 0 Å². The van der Waals surface area contributed by atoms with Gasteiger partial charge in [-0.25, -0.2) is 0 Å². The summed E-state index contributed by atoms with van der Waals surface area (Å²) >= 11 is 0. The van der Waals surface area contributed by atoms with Gasteiger partial charge in [0.15, 0.2) is 5.96 Å². The van der Waals surface area contributed by atoms with E-state index < -0.39 is 0 Å². The summed E-state index contributed by atoms with van der Waals surface area (Å²) in [5, 5.41) is 3.24. The molecule has 1 saturated heterocycles. The molecule has 0 aromatic heterocycles. The summed E-state index contributed by atoms with van der Waals surface area (Å²) in [6.07, 6.45) is 5.00. The fraction of sp³-hybridized carbons (Fsp3) is 0.917. The molecule has 3 aliphatic rings. The van der Waals surface area contributed by atoms with Crippen molar-refractivity contribution in [3.05, 3.63) is 0 Å². The van der Waals surface area contributed by atoms with Crippen molar-refractivity contribution in [2.75, 3.05) is 32.8 Å². The maximum Gasteiger partial charge on any atom is 0.188 e. The second-order valence-electron chi connectivity index (χ2n) is 5.44. The van der Waals surface area contributed by atoms with E-state index in [-0.39, 0.29) is 0 Å². The highest BCUT2D eigenvalue weighted by Crippen LogP contribution is 2.42. The summed E-state index contributed by atoms with van der Waals surface area (Å²) in [7, 11) is 0. The van der Waals surface area contributed by atoms with Gasteiger partial charge >= 0.3 is 0 Å². The lowest BCUT2D eigenvalue weighted by Gasteiger charge is -2.34. The number of ether oxygens (including phenoxy) is 1. The smallest absolute Gasteiger partial charge is 0.188 e. The van der Waals surface area contributed by atoms with Crippen molar-refractivity contribution in [3.63, 3.8) is 0 Å². The van der Waals surface area contributed by atoms with Gasteiger partial charge in [0.25, 0.3) is 0 Å². The molecular formula is C12H22N4O. The monoisotopic (exact) mass is 238 g/mol. The summed E-state index contributed by atoms with van der Waals surface area (Å²) in [6, 6.07) is 0.595. The molecule has 0 spiro atoms. The van der Waals surface area contributed by atoms with Gasteiger partial charge < -0.3 is 15.8 Å². The average Bonchev–Trinajstić information content (AvgIpc) is 3.24. The zero-order valence-electron chi connectivity index (χ0n) is 10.3. The van der Waals surface area contributed by atoms with Crippen molar-refractivity contribution in [1.29, 1.82) is 0 Å². The van der Waals surface area contributed by atoms with E-state index in [0.717, 1.165) is 32.8 Å². The Labute approximate surface area is 102 Å². The zero-order chi connectivity index (χ0) is 11.7. The number of nitrogens with zero attached hydrogens (tertiary/aromatic N) is 2. The van der Waals surface area contributed by atoms with E-state index in [4.69, 9.17) is 10.5 Å². The lowest BCUT2D eigenvalue weighted by atomic mass is 10.2. The van der Waals surface area contributed by atoms with E-state index in [1.54, 1.807) is 0 Å². The Morgan fingerprint density at radius 2 is 2.06 bits per heavy atom. The molecule has 0 radical (unpaired) electrons. The normalized spacial score (nSPS) is 29.1. The quantitative estimate of drug-likeness (QED) is 0.531. The Bertz CT molecular complexity index is 304. The van der Waals surface area contributed by atoms with Crippen LogP contribution in [0.5, 0.6) is 0 Å². The summed E-state index contributed by atoms with van der Waals surface area (Å²) in [5.74, 6) is 0.632. The molecule has 3 fully saturated rings. The van der Waals surface area contributed by atoms with Crippen molar-refractivity contribution in [2.45, 2.75) is 37.3 Å². The third-order valence-electron chi connectivity index (χ3n) is 3.98. The highest BCUT2D eigenvalue weighted by Gasteiger charge is 2.48. The Kier molecular flexibility index (Phi) is 2.96. The van der Waals surface area contributed by atoms with Crippen molar-refractivity contribution >= 4 is 5.96 Å². The second-order valence-corrected chi connectivity index (χ2v) is 5.44. The van der Waals surface area contributed by atoms with Gasteiger partial charge in [0.1, 0.15) is 0 Å². The lowest BCUT2D eigenvalue weighted by molar-refractivity contribution is 0.0117. The summed E-state index contributed by atoms with van der Waals surface area (Å²) in [4.78, 5) is 7.05. The van der Waals surface area contributed by atoms with Gasteiger partial charge in [0.05, 0.1) is 19.8 Å². The molecule has 0 amide bonds. The molecule has 0 aromatic rings. The van der Waals surface area contributed by atoms with E-state index in [1.807, 2.05) is 0 Å². The molecule has 0 unspecified atom stereocenters. The van der Waals surface area contributed by atoms with Gasteiger partial charge in [-0.15, -0.1) is 0 Å². The van der Waals surface area contributed by atoms with E-state index >= 15 is 0 Å². The maximum atomic E-state index is 5.87. The van der Waals surface area contributed by atoms with Crippen molar-refractivity contribution in [1.82, 2.24) is 10.2 Å². The highest BCUT2D eigenvalue weighted by atomic mass is 16.5. The molecule has 5 heteroatoms. The number of rotatable bonds is 4. The van der Waals surface area contributed by atoms with Crippen molar-refractivity contribution < 1.29 is 4.74 Å². The van der Waals surface area contributed by atoms with Gasteiger partial charge in [-0.2, -0.15) is 0 Å². The molecule has 0 aromatic carbocycles. The van der Waals surface area contributed by atoms with Crippen LogP contribution in [0.1, 0.15) is 25.7 Å². The molecule has 3 rings (SSSR count). The molecule has 2 saturated carbocycles. The number of guanidine groups is 1. The molecule has 0 atom stereocenters. The first-order valence-corrected chi connectivity index (χ1v) is 6.68. The molecule has 0 bridgehead atoms. The van der Waals surface area contributed by atoms with Crippen LogP contribution >= 0.6 is 0 Å². The fourth-order valence-corrected chi connectivity index (χ4v) is 2.47. The van der Waals surface area contributed by atoms with E-state index in [1.165, 1.54) is 25.7 Å². The topological polar surface area (TPSA) is 62.9 Å². The first-order valence-electron chi connectivity index (χ1n) is 6.68. The minimum Gasteiger partial charge on any atom is -0.379 e. The molecule has 1 heterocycles. The molecular weight excluding hydrogens is 216 g/mol. The predicted octanol–water partition coefficient (Wildman–Crippen LogP) is -0.0821. The van der Waals surface area contributed by atoms with E-state index in [2.05, 4.69) is 15.2 Å². The van der Waals surface area contributed by atoms with Crippen LogP contribution in [0.25, 0.3) is 0 Å².